The monoisotopic (exact) mass is 231 g/mol. The fraction of sp³-hybridized carbons (Fsp3) is 0.455. The molecule has 1 nitrogen and oxygen atoms in total. The van der Waals surface area contributed by atoms with Crippen LogP contribution in [-0.2, 0) is 5.75 Å². The molecular weight excluding hydrogens is 216 g/mol. The highest BCUT2D eigenvalue weighted by molar-refractivity contribution is 7.98. The second kappa shape index (κ2) is 4.94. The normalized spacial score (nSPS) is 11.8. The Morgan fingerprint density at radius 1 is 1.33 bits per heavy atom. The standard InChI is InChI=1S/C11H15F2NS/c1-11(2,14)7-15-6-8-4-3-5-9(12)10(8)13/h3-5H,6-7,14H2,1-2H3. The van der Waals surface area contributed by atoms with Crippen molar-refractivity contribution in [1.82, 2.24) is 0 Å². The van der Waals surface area contributed by atoms with E-state index >= 15 is 0 Å². The molecule has 2 N–H and O–H groups in total. The maximum absolute atomic E-state index is 13.2. The molecule has 0 saturated carbocycles. The molecule has 0 unspecified atom stereocenters. The number of hydrogen-bond acceptors (Lipinski definition) is 2. The van der Waals surface area contributed by atoms with E-state index in [0.717, 1.165) is 6.07 Å². The molecular formula is C11H15F2NS. The van der Waals surface area contributed by atoms with Crippen LogP contribution in [0, 0.1) is 11.6 Å². The molecule has 84 valence electrons. The van der Waals surface area contributed by atoms with Crippen molar-refractivity contribution in [1.29, 1.82) is 0 Å². The van der Waals surface area contributed by atoms with E-state index in [2.05, 4.69) is 0 Å². The van der Waals surface area contributed by atoms with E-state index in [0.29, 0.717) is 17.1 Å². The van der Waals surface area contributed by atoms with Gasteiger partial charge in [-0.25, -0.2) is 8.78 Å². The van der Waals surface area contributed by atoms with Crippen LogP contribution in [0.1, 0.15) is 19.4 Å². The number of nitrogens with two attached hydrogens (primary N) is 1. The molecule has 0 aliphatic heterocycles. The fourth-order valence-electron chi connectivity index (χ4n) is 1.08. The third kappa shape index (κ3) is 4.18. The summed E-state index contributed by atoms with van der Waals surface area (Å²) >= 11 is 1.50. The van der Waals surface area contributed by atoms with Crippen LogP contribution in [0.25, 0.3) is 0 Å². The molecule has 1 rings (SSSR count). The van der Waals surface area contributed by atoms with Gasteiger partial charge in [-0.2, -0.15) is 11.8 Å². The van der Waals surface area contributed by atoms with Gasteiger partial charge in [0.2, 0.25) is 0 Å². The third-order valence-corrected chi connectivity index (χ3v) is 3.23. The molecule has 0 bridgehead atoms. The first-order chi connectivity index (χ1) is 6.90. The Morgan fingerprint density at radius 2 is 2.00 bits per heavy atom. The van der Waals surface area contributed by atoms with Gasteiger partial charge < -0.3 is 5.73 Å². The van der Waals surface area contributed by atoms with Crippen LogP contribution in [0.15, 0.2) is 18.2 Å². The SMILES string of the molecule is CC(C)(N)CSCc1cccc(F)c1F. The maximum Gasteiger partial charge on any atom is 0.162 e. The van der Waals surface area contributed by atoms with E-state index in [1.807, 2.05) is 13.8 Å². The van der Waals surface area contributed by atoms with Gasteiger partial charge in [-0.15, -0.1) is 0 Å². The second-order valence-corrected chi connectivity index (χ2v) is 5.18. The smallest absolute Gasteiger partial charge is 0.162 e. The van der Waals surface area contributed by atoms with Gasteiger partial charge in [0.1, 0.15) is 0 Å². The first-order valence-electron chi connectivity index (χ1n) is 4.70. The van der Waals surface area contributed by atoms with Crippen LogP contribution >= 0.6 is 11.8 Å². The first kappa shape index (κ1) is 12.5. The Labute approximate surface area is 93.1 Å². The third-order valence-electron chi connectivity index (χ3n) is 1.76. The van der Waals surface area contributed by atoms with E-state index < -0.39 is 11.6 Å². The quantitative estimate of drug-likeness (QED) is 0.862. The lowest BCUT2D eigenvalue weighted by atomic mass is 10.1. The molecule has 0 heterocycles. The van der Waals surface area contributed by atoms with Gasteiger partial charge >= 0.3 is 0 Å². The maximum atomic E-state index is 13.2. The molecule has 1 aromatic carbocycles. The van der Waals surface area contributed by atoms with Crippen molar-refractivity contribution >= 4 is 11.8 Å². The number of halogens is 2. The van der Waals surface area contributed by atoms with Gasteiger partial charge in [0.25, 0.3) is 0 Å². The van der Waals surface area contributed by atoms with Crippen LogP contribution < -0.4 is 5.73 Å². The van der Waals surface area contributed by atoms with E-state index in [9.17, 15) is 8.78 Å². The second-order valence-electron chi connectivity index (χ2n) is 4.19. The van der Waals surface area contributed by atoms with Gasteiger partial charge in [-0.05, 0) is 19.9 Å². The van der Waals surface area contributed by atoms with E-state index in [-0.39, 0.29) is 5.54 Å². The molecule has 0 aliphatic carbocycles. The van der Waals surface area contributed by atoms with Crippen LogP contribution in [-0.4, -0.2) is 11.3 Å². The summed E-state index contributed by atoms with van der Waals surface area (Å²) in [5.74, 6) is -0.382. The summed E-state index contributed by atoms with van der Waals surface area (Å²) in [5, 5.41) is 0. The van der Waals surface area contributed by atoms with Crippen molar-refractivity contribution in [2.75, 3.05) is 5.75 Å². The van der Waals surface area contributed by atoms with Crippen molar-refractivity contribution in [3.8, 4) is 0 Å². The highest BCUT2D eigenvalue weighted by Crippen LogP contribution is 2.19. The van der Waals surface area contributed by atoms with E-state index in [1.165, 1.54) is 17.8 Å². The number of hydrogen-bond donors (Lipinski definition) is 1. The Hall–Kier alpha value is -0.610. The molecule has 1 aromatic rings. The van der Waals surface area contributed by atoms with Gasteiger partial charge in [-0.1, -0.05) is 12.1 Å². The minimum Gasteiger partial charge on any atom is -0.325 e. The Morgan fingerprint density at radius 3 is 2.60 bits per heavy atom. The van der Waals surface area contributed by atoms with Crippen molar-refractivity contribution in [2.24, 2.45) is 5.73 Å². The zero-order chi connectivity index (χ0) is 11.5. The summed E-state index contributed by atoms with van der Waals surface area (Å²) < 4.78 is 26.0. The Kier molecular flexibility index (Phi) is 4.11. The predicted molar refractivity (Wildman–Crippen MR) is 60.8 cm³/mol. The molecule has 0 aromatic heterocycles. The molecule has 0 amide bonds. The van der Waals surface area contributed by atoms with Gasteiger partial charge in [0.15, 0.2) is 11.6 Å². The molecule has 0 atom stereocenters. The summed E-state index contributed by atoms with van der Waals surface area (Å²) in [5.41, 5.74) is 5.89. The topological polar surface area (TPSA) is 26.0 Å². The molecule has 4 heteroatoms. The van der Waals surface area contributed by atoms with Crippen molar-refractivity contribution in [3.05, 3.63) is 35.4 Å². The molecule has 0 radical (unpaired) electrons. The van der Waals surface area contributed by atoms with Crippen molar-refractivity contribution in [3.63, 3.8) is 0 Å². The molecule has 0 saturated heterocycles. The average Bonchev–Trinajstić information content (AvgIpc) is 2.10. The highest BCUT2D eigenvalue weighted by Gasteiger charge is 2.12. The molecule has 0 spiro atoms. The van der Waals surface area contributed by atoms with E-state index in [1.54, 1.807) is 6.07 Å². The lowest BCUT2D eigenvalue weighted by Gasteiger charge is -2.17. The van der Waals surface area contributed by atoms with Gasteiger partial charge in [0, 0.05) is 22.6 Å². The van der Waals surface area contributed by atoms with Gasteiger partial charge in [0.05, 0.1) is 0 Å². The minimum absolute atomic E-state index is 0.283. The lowest BCUT2D eigenvalue weighted by Crippen LogP contribution is -2.34. The fourth-order valence-corrected chi connectivity index (χ4v) is 2.15. The van der Waals surface area contributed by atoms with Crippen LogP contribution in [0.3, 0.4) is 0 Å². The summed E-state index contributed by atoms with van der Waals surface area (Å²) in [6.45, 7) is 3.81. The Balaban J connectivity index is 2.55. The number of benzene rings is 1. The molecule has 0 aliphatic rings. The lowest BCUT2D eigenvalue weighted by molar-refractivity contribution is 0.502. The zero-order valence-electron chi connectivity index (χ0n) is 8.89. The number of rotatable bonds is 4. The van der Waals surface area contributed by atoms with Crippen molar-refractivity contribution in [2.45, 2.75) is 25.1 Å². The minimum atomic E-state index is -0.792. The summed E-state index contributed by atoms with van der Waals surface area (Å²) in [6.07, 6.45) is 0. The van der Waals surface area contributed by atoms with Crippen LogP contribution in [0.4, 0.5) is 8.78 Å². The van der Waals surface area contributed by atoms with Crippen LogP contribution in [0.5, 0.6) is 0 Å². The largest absolute Gasteiger partial charge is 0.325 e. The van der Waals surface area contributed by atoms with Crippen molar-refractivity contribution < 1.29 is 8.78 Å². The van der Waals surface area contributed by atoms with Crippen LogP contribution in [0.2, 0.25) is 0 Å². The average molecular weight is 231 g/mol. The van der Waals surface area contributed by atoms with E-state index in [4.69, 9.17) is 5.73 Å². The summed E-state index contributed by atoms with van der Waals surface area (Å²) in [4.78, 5) is 0. The summed E-state index contributed by atoms with van der Waals surface area (Å²) in [6, 6.07) is 4.23. The Bertz CT molecular complexity index is 334. The predicted octanol–water partition coefficient (Wildman–Crippen LogP) is 2.94. The zero-order valence-corrected chi connectivity index (χ0v) is 9.70. The summed E-state index contributed by atoms with van der Waals surface area (Å²) in [7, 11) is 0. The highest BCUT2D eigenvalue weighted by atomic mass is 32.2. The molecule has 0 fully saturated rings. The molecule has 15 heavy (non-hydrogen) atoms. The van der Waals surface area contributed by atoms with Gasteiger partial charge in [-0.3, -0.25) is 0 Å². The number of thioether (sulfide) groups is 1. The first-order valence-corrected chi connectivity index (χ1v) is 5.85.